The predicted molar refractivity (Wildman–Crippen MR) is 109 cm³/mol. The van der Waals surface area contributed by atoms with Crippen molar-refractivity contribution in [3.8, 4) is 0 Å². The van der Waals surface area contributed by atoms with Crippen molar-refractivity contribution in [2.75, 3.05) is 25.5 Å². The molecule has 2 atom stereocenters. The average molecular weight is 384 g/mol. The lowest BCUT2D eigenvalue weighted by Gasteiger charge is -2.26. The van der Waals surface area contributed by atoms with Gasteiger partial charge in [-0.3, -0.25) is 5.32 Å². The Balaban J connectivity index is 2.57. The molecule has 26 heavy (non-hydrogen) atoms. The SMILES string of the molecule is C=CCNC(C)NNN(C)CCC(Nc1cccc(Cl)c1F)/C(C)=C/C. The number of benzene rings is 1. The van der Waals surface area contributed by atoms with Crippen molar-refractivity contribution >= 4 is 17.3 Å². The molecular weight excluding hydrogens is 353 g/mol. The number of hydrogen-bond donors (Lipinski definition) is 4. The van der Waals surface area contributed by atoms with E-state index in [-0.39, 0.29) is 17.2 Å². The van der Waals surface area contributed by atoms with Crippen LogP contribution in [0.25, 0.3) is 0 Å². The van der Waals surface area contributed by atoms with Crippen LogP contribution in [-0.4, -0.2) is 37.4 Å². The standard InChI is InChI=1S/C19H31ClFN5/c1-6-12-22-15(4)24-25-26(5)13-11-17(14(3)7-2)23-18-10-8-9-16(20)19(18)21/h6-10,15,17,22-25H,1,11-13H2,2-5H3/b14-7+. The molecule has 0 aromatic heterocycles. The third kappa shape index (κ3) is 7.85. The summed E-state index contributed by atoms with van der Waals surface area (Å²) >= 11 is 5.88. The molecule has 0 amide bonds. The molecule has 4 N–H and O–H groups in total. The molecule has 0 saturated carbocycles. The lowest BCUT2D eigenvalue weighted by Crippen LogP contribution is -2.53. The fraction of sp³-hybridized carbons (Fsp3) is 0.474. The number of hydrazine groups is 2. The van der Waals surface area contributed by atoms with Crippen molar-refractivity contribution in [3.63, 3.8) is 0 Å². The normalized spacial score (nSPS) is 14.3. The maximum atomic E-state index is 14.2. The van der Waals surface area contributed by atoms with Gasteiger partial charge in [-0.25, -0.2) is 14.8 Å². The van der Waals surface area contributed by atoms with E-state index in [0.29, 0.717) is 5.69 Å². The smallest absolute Gasteiger partial charge is 0.164 e. The van der Waals surface area contributed by atoms with Crippen LogP contribution < -0.4 is 21.6 Å². The van der Waals surface area contributed by atoms with Crippen LogP contribution in [0.2, 0.25) is 5.02 Å². The highest BCUT2D eigenvalue weighted by Gasteiger charge is 2.15. The molecule has 0 saturated heterocycles. The van der Waals surface area contributed by atoms with Gasteiger partial charge in [-0.1, -0.05) is 35.4 Å². The summed E-state index contributed by atoms with van der Waals surface area (Å²) in [7, 11) is 1.95. The molecule has 0 aliphatic carbocycles. The van der Waals surface area contributed by atoms with E-state index in [1.165, 1.54) is 0 Å². The number of halogens is 2. The number of anilines is 1. The molecule has 0 aliphatic heterocycles. The second kappa shape index (κ2) is 12.0. The summed E-state index contributed by atoms with van der Waals surface area (Å²) in [5.74, 6) is -0.418. The predicted octanol–water partition coefficient (Wildman–Crippen LogP) is 3.68. The van der Waals surface area contributed by atoms with Crippen LogP contribution in [-0.2, 0) is 0 Å². The highest BCUT2D eigenvalue weighted by Crippen LogP contribution is 2.24. The van der Waals surface area contributed by atoms with Crippen molar-refractivity contribution in [3.05, 3.63) is 53.3 Å². The van der Waals surface area contributed by atoms with Gasteiger partial charge in [0.2, 0.25) is 0 Å². The van der Waals surface area contributed by atoms with Crippen molar-refractivity contribution < 1.29 is 4.39 Å². The van der Waals surface area contributed by atoms with Gasteiger partial charge in [0.1, 0.15) is 0 Å². The van der Waals surface area contributed by atoms with E-state index in [4.69, 9.17) is 11.6 Å². The van der Waals surface area contributed by atoms with Crippen molar-refractivity contribution in [1.29, 1.82) is 0 Å². The highest BCUT2D eigenvalue weighted by molar-refractivity contribution is 6.31. The Labute approximate surface area is 161 Å². The highest BCUT2D eigenvalue weighted by atomic mass is 35.5. The minimum Gasteiger partial charge on any atom is -0.376 e. The molecule has 2 unspecified atom stereocenters. The van der Waals surface area contributed by atoms with Crippen molar-refractivity contribution in [2.45, 2.75) is 39.4 Å². The first-order chi connectivity index (χ1) is 12.4. The molecule has 0 radical (unpaired) electrons. The van der Waals surface area contributed by atoms with E-state index in [1.807, 2.05) is 45.0 Å². The van der Waals surface area contributed by atoms with Gasteiger partial charge in [0.25, 0.3) is 0 Å². The lowest BCUT2D eigenvalue weighted by atomic mass is 10.0. The van der Waals surface area contributed by atoms with Gasteiger partial charge in [0, 0.05) is 26.2 Å². The number of nitrogens with zero attached hydrogens (tertiary/aromatic N) is 1. The van der Waals surface area contributed by atoms with Crippen LogP contribution in [0.4, 0.5) is 10.1 Å². The molecule has 0 heterocycles. The van der Waals surface area contributed by atoms with E-state index in [9.17, 15) is 4.39 Å². The Hall–Kier alpha value is -1.44. The molecule has 0 fully saturated rings. The lowest BCUT2D eigenvalue weighted by molar-refractivity contribution is 0.167. The first-order valence-electron chi connectivity index (χ1n) is 8.79. The van der Waals surface area contributed by atoms with E-state index in [2.05, 4.69) is 28.2 Å². The number of allylic oxidation sites excluding steroid dienone is 1. The summed E-state index contributed by atoms with van der Waals surface area (Å²) in [5, 5.41) is 8.57. The number of hydrogen-bond acceptors (Lipinski definition) is 5. The molecule has 146 valence electrons. The van der Waals surface area contributed by atoms with Crippen LogP contribution in [0.3, 0.4) is 0 Å². The third-order valence-corrected chi connectivity index (χ3v) is 4.37. The minimum absolute atomic E-state index is 0.00790. The zero-order chi connectivity index (χ0) is 19.5. The van der Waals surface area contributed by atoms with Gasteiger partial charge >= 0.3 is 0 Å². The molecule has 0 bridgehead atoms. The van der Waals surface area contributed by atoms with E-state index in [1.54, 1.807) is 18.2 Å². The van der Waals surface area contributed by atoms with Crippen molar-refractivity contribution in [2.24, 2.45) is 0 Å². The second-order valence-corrected chi connectivity index (χ2v) is 6.62. The first kappa shape index (κ1) is 22.6. The summed E-state index contributed by atoms with van der Waals surface area (Å²) in [4.78, 5) is 0. The largest absolute Gasteiger partial charge is 0.376 e. The summed E-state index contributed by atoms with van der Waals surface area (Å²) in [6.45, 7) is 11.2. The monoisotopic (exact) mass is 383 g/mol. The topological polar surface area (TPSA) is 51.4 Å². The molecular formula is C19H31ClFN5. The zero-order valence-corrected chi connectivity index (χ0v) is 16.8. The van der Waals surface area contributed by atoms with Crippen molar-refractivity contribution in [1.82, 2.24) is 21.3 Å². The maximum Gasteiger partial charge on any atom is 0.164 e. The van der Waals surface area contributed by atoms with Gasteiger partial charge in [0.05, 0.1) is 16.9 Å². The zero-order valence-electron chi connectivity index (χ0n) is 16.1. The molecule has 0 aliphatic rings. The first-order valence-corrected chi connectivity index (χ1v) is 9.16. The Morgan fingerprint density at radius 1 is 1.42 bits per heavy atom. The van der Waals surface area contributed by atoms with Crippen LogP contribution >= 0.6 is 11.6 Å². The van der Waals surface area contributed by atoms with Crippen LogP contribution in [0, 0.1) is 5.82 Å². The Morgan fingerprint density at radius 3 is 2.81 bits per heavy atom. The van der Waals surface area contributed by atoms with Gasteiger partial charge in [0.15, 0.2) is 5.82 Å². The minimum atomic E-state index is -0.418. The van der Waals surface area contributed by atoms with Crippen LogP contribution in [0.1, 0.15) is 27.2 Å². The average Bonchev–Trinajstić information content (AvgIpc) is 2.64. The van der Waals surface area contributed by atoms with E-state index < -0.39 is 5.82 Å². The van der Waals surface area contributed by atoms with E-state index >= 15 is 0 Å². The van der Waals surface area contributed by atoms with Gasteiger partial charge in [-0.2, -0.15) is 5.53 Å². The van der Waals surface area contributed by atoms with Gasteiger partial charge in [-0.05, 0) is 39.3 Å². The molecule has 1 rings (SSSR count). The molecule has 7 heteroatoms. The molecule has 1 aromatic rings. The summed E-state index contributed by atoms with van der Waals surface area (Å²) in [6, 6.07) is 5.00. The third-order valence-electron chi connectivity index (χ3n) is 4.08. The summed E-state index contributed by atoms with van der Waals surface area (Å²) < 4.78 is 14.2. The summed E-state index contributed by atoms with van der Waals surface area (Å²) in [5.41, 5.74) is 7.85. The molecule has 0 spiro atoms. The fourth-order valence-corrected chi connectivity index (χ4v) is 2.49. The van der Waals surface area contributed by atoms with E-state index in [0.717, 1.165) is 25.1 Å². The van der Waals surface area contributed by atoms with Crippen LogP contribution in [0.15, 0.2) is 42.5 Å². The Kier molecular flexibility index (Phi) is 10.5. The second-order valence-electron chi connectivity index (χ2n) is 6.22. The Bertz CT molecular complexity index is 593. The quantitative estimate of drug-likeness (QED) is 0.252. The summed E-state index contributed by atoms with van der Waals surface area (Å²) in [6.07, 6.45) is 4.74. The Morgan fingerprint density at radius 2 is 2.15 bits per heavy atom. The van der Waals surface area contributed by atoms with Gasteiger partial charge < -0.3 is 5.32 Å². The van der Waals surface area contributed by atoms with Crippen LogP contribution in [0.5, 0.6) is 0 Å². The fourth-order valence-electron chi connectivity index (χ4n) is 2.31. The van der Waals surface area contributed by atoms with Gasteiger partial charge in [-0.15, -0.1) is 6.58 Å². The molecule has 1 aromatic carbocycles. The number of nitrogens with one attached hydrogen (secondary N) is 4. The number of rotatable bonds is 12. The maximum absolute atomic E-state index is 14.2. The molecule has 5 nitrogen and oxygen atoms in total.